The average Bonchev–Trinajstić information content (AvgIpc) is 3.56. The molecular formula is C38H40N8O3. The maximum atomic E-state index is 13.2. The number of piperazine rings is 1. The number of nitrogens with zero attached hydrogens (tertiary/aromatic N) is 8. The van der Waals surface area contributed by atoms with Crippen LogP contribution >= 0.6 is 0 Å². The standard InChI is InChI=1S/C38H40N8O3/c1-40-22-31-23-45(19-20-46(31)38(47)49-25-27-9-4-3-5-10-27)36-32-16-18-44(34-15-7-12-28-11-6-13-29(21-39)35(28)34)24-33(32)41-37(42-36)48-26-30-14-8-17-43(30)2/h3-7,9-13,15,30-31H,8,14,16-20,22-26H2,2H3/t30-,31-/m0/s1. The van der Waals surface area contributed by atoms with Crippen molar-refractivity contribution in [3.63, 3.8) is 0 Å². The number of hydrogen-bond acceptors (Lipinski definition) is 9. The summed E-state index contributed by atoms with van der Waals surface area (Å²) >= 11 is 0. The number of likely N-dealkylation sites (tertiary alicyclic amines) is 1. The molecule has 1 aromatic heterocycles. The lowest BCUT2D eigenvalue weighted by molar-refractivity contribution is 0.0788. The van der Waals surface area contributed by atoms with Crippen LogP contribution in [-0.4, -0.2) is 90.9 Å². The summed E-state index contributed by atoms with van der Waals surface area (Å²) in [5.74, 6) is 0.808. The van der Waals surface area contributed by atoms with Crippen molar-refractivity contribution in [3.05, 3.63) is 101 Å². The number of carbonyl (C=O) groups is 1. The van der Waals surface area contributed by atoms with E-state index in [1.807, 2.05) is 60.7 Å². The smallest absolute Gasteiger partial charge is 0.410 e. The number of likely N-dealkylation sites (N-methyl/N-ethyl adjacent to an activating group) is 1. The first kappa shape index (κ1) is 32.2. The molecule has 0 saturated carbocycles. The third-order valence-electron chi connectivity index (χ3n) is 9.97. The van der Waals surface area contributed by atoms with E-state index in [0.29, 0.717) is 56.8 Å². The monoisotopic (exact) mass is 656 g/mol. The van der Waals surface area contributed by atoms with E-state index in [0.717, 1.165) is 65.0 Å². The first-order chi connectivity index (χ1) is 24.0. The van der Waals surface area contributed by atoms with Gasteiger partial charge in [-0.25, -0.2) is 11.4 Å². The Morgan fingerprint density at radius 3 is 2.61 bits per heavy atom. The van der Waals surface area contributed by atoms with Crippen LogP contribution in [-0.2, 0) is 24.3 Å². The van der Waals surface area contributed by atoms with Gasteiger partial charge in [0.2, 0.25) is 6.54 Å². The predicted molar refractivity (Wildman–Crippen MR) is 187 cm³/mol. The van der Waals surface area contributed by atoms with Crippen LogP contribution in [0, 0.1) is 17.9 Å². The molecule has 4 aromatic rings. The molecular weight excluding hydrogens is 616 g/mol. The number of rotatable bonds is 8. The van der Waals surface area contributed by atoms with Crippen LogP contribution in [0.15, 0.2) is 66.7 Å². The van der Waals surface area contributed by atoms with Crippen LogP contribution < -0.4 is 14.5 Å². The summed E-state index contributed by atoms with van der Waals surface area (Å²) < 4.78 is 12.0. The van der Waals surface area contributed by atoms with Crippen molar-refractivity contribution in [1.29, 1.82) is 5.26 Å². The van der Waals surface area contributed by atoms with Crippen LogP contribution in [0.2, 0.25) is 0 Å². The summed E-state index contributed by atoms with van der Waals surface area (Å²) in [6, 6.07) is 24.3. The molecule has 4 heterocycles. The average molecular weight is 657 g/mol. The first-order valence-electron chi connectivity index (χ1n) is 17.0. The number of benzene rings is 3. The normalized spacial score (nSPS) is 19.3. The van der Waals surface area contributed by atoms with Gasteiger partial charge in [-0.05, 0) is 55.9 Å². The third kappa shape index (κ3) is 6.81. The minimum atomic E-state index is -0.408. The van der Waals surface area contributed by atoms with Crippen LogP contribution in [0.1, 0.15) is 35.2 Å². The van der Waals surface area contributed by atoms with E-state index >= 15 is 0 Å². The number of aromatic nitrogens is 2. The number of anilines is 2. The zero-order valence-corrected chi connectivity index (χ0v) is 27.8. The highest BCUT2D eigenvalue weighted by atomic mass is 16.6. The Morgan fingerprint density at radius 2 is 1.84 bits per heavy atom. The van der Waals surface area contributed by atoms with Gasteiger partial charge in [0.1, 0.15) is 25.1 Å². The van der Waals surface area contributed by atoms with Crippen LogP contribution in [0.3, 0.4) is 0 Å². The van der Waals surface area contributed by atoms with Crippen molar-refractivity contribution >= 4 is 28.4 Å². The second kappa shape index (κ2) is 14.4. The molecule has 0 unspecified atom stereocenters. The molecule has 2 saturated heterocycles. The summed E-state index contributed by atoms with van der Waals surface area (Å²) in [6.07, 6.45) is 2.51. The van der Waals surface area contributed by atoms with E-state index in [9.17, 15) is 10.1 Å². The number of fused-ring (bicyclic) bond motifs is 2. The van der Waals surface area contributed by atoms with Crippen molar-refractivity contribution in [2.75, 3.05) is 62.7 Å². The predicted octanol–water partition coefficient (Wildman–Crippen LogP) is 5.28. The molecule has 11 heteroatoms. The van der Waals surface area contributed by atoms with E-state index in [-0.39, 0.29) is 19.2 Å². The molecule has 2 atom stereocenters. The fraction of sp³-hybridized carbons (Fsp3) is 0.395. The SMILES string of the molecule is [C-]#[N+]C[C@H]1CN(c2nc(OC[C@@H]3CCCN3C)nc3c2CCN(c2cccc4cccc(C#N)c24)C3)CCN1C(=O)OCc1ccccc1. The highest BCUT2D eigenvalue weighted by Crippen LogP contribution is 2.36. The minimum absolute atomic E-state index is 0.164. The topological polar surface area (TPSA) is 102 Å². The minimum Gasteiger partial charge on any atom is -0.462 e. The van der Waals surface area contributed by atoms with E-state index in [1.165, 1.54) is 0 Å². The lowest BCUT2D eigenvalue weighted by Crippen LogP contribution is -2.57. The zero-order chi connectivity index (χ0) is 33.7. The second-order valence-electron chi connectivity index (χ2n) is 13.0. The van der Waals surface area contributed by atoms with Crippen LogP contribution in [0.25, 0.3) is 15.6 Å². The zero-order valence-electron chi connectivity index (χ0n) is 27.8. The van der Waals surface area contributed by atoms with Crippen molar-refractivity contribution in [2.24, 2.45) is 0 Å². The Labute approximate surface area is 287 Å². The van der Waals surface area contributed by atoms with Gasteiger partial charge in [0, 0.05) is 48.9 Å². The molecule has 3 aliphatic heterocycles. The van der Waals surface area contributed by atoms with Crippen molar-refractivity contribution in [1.82, 2.24) is 19.8 Å². The highest BCUT2D eigenvalue weighted by Gasteiger charge is 2.36. The van der Waals surface area contributed by atoms with Crippen LogP contribution in [0.5, 0.6) is 6.01 Å². The Kier molecular flexibility index (Phi) is 9.45. The van der Waals surface area contributed by atoms with Crippen molar-refractivity contribution < 1.29 is 14.3 Å². The number of ether oxygens (including phenoxy) is 2. The van der Waals surface area contributed by atoms with E-state index in [1.54, 1.807) is 4.90 Å². The number of carbonyl (C=O) groups excluding carboxylic acids is 1. The largest absolute Gasteiger partial charge is 0.462 e. The summed E-state index contributed by atoms with van der Waals surface area (Å²) in [7, 11) is 2.12. The van der Waals surface area contributed by atoms with Gasteiger partial charge in [-0.3, -0.25) is 4.90 Å². The van der Waals surface area contributed by atoms with Gasteiger partial charge in [-0.2, -0.15) is 15.2 Å². The van der Waals surface area contributed by atoms with Gasteiger partial charge >= 0.3 is 12.1 Å². The van der Waals surface area contributed by atoms with Gasteiger partial charge in [0.25, 0.3) is 0 Å². The van der Waals surface area contributed by atoms with Gasteiger partial charge in [-0.15, -0.1) is 0 Å². The second-order valence-corrected chi connectivity index (χ2v) is 13.0. The summed E-state index contributed by atoms with van der Waals surface area (Å²) in [5.41, 5.74) is 4.53. The lowest BCUT2D eigenvalue weighted by atomic mass is 9.99. The maximum absolute atomic E-state index is 13.2. The molecule has 11 nitrogen and oxygen atoms in total. The van der Waals surface area contributed by atoms with Crippen molar-refractivity contribution in [2.45, 2.75) is 44.5 Å². The van der Waals surface area contributed by atoms with E-state index in [2.05, 4.69) is 38.7 Å². The third-order valence-corrected chi connectivity index (χ3v) is 9.97. The molecule has 3 aliphatic rings. The summed E-state index contributed by atoms with van der Waals surface area (Å²) in [5, 5.41) is 11.9. The first-order valence-corrected chi connectivity index (χ1v) is 17.0. The fourth-order valence-electron chi connectivity index (χ4n) is 7.31. The number of amides is 1. The lowest BCUT2D eigenvalue weighted by Gasteiger charge is -2.40. The Hall–Kier alpha value is -5.39. The maximum Gasteiger partial charge on any atom is 0.410 e. The molecule has 0 N–H and O–H groups in total. The molecule has 250 valence electrons. The van der Waals surface area contributed by atoms with Gasteiger partial charge in [0.05, 0.1) is 23.9 Å². The quantitative estimate of drug-likeness (QED) is 0.234. The summed E-state index contributed by atoms with van der Waals surface area (Å²) in [4.78, 5) is 35.4. The van der Waals surface area contributed by atoms with E-state index < -0.39 is 6.09 Å². The summed E-state index contributed by atoms with van der Waals surface area (Å²) in [6.45, 7) is 12.2. The van der Waals surface area contributed by atoms with Gasteiger partial charge < -0.3 is 29.0 Å². The molecule has 2 fully saturated rings. The number of hydrogen-bond donors (Lipinski definition) is 0. The molecule has 0 aliphatic carbocycles. The van der Waals surface area contributed by atoms with Crippen molar-refractivity contribution in [3.8, 4) is 12.1 Å². The molecule has 0 radical (unpaired) electrons. The molecule has 7 rings (SSSR count). The molecule has 0 bridgehead atoms. The Balaban J connectivity index is 1.17. The van der Waals surface area contributed by atoms with Crippen LogP contribution in [0.4, 0.5) is 16.3 Å². The highest BCUT2D eigenvalue weighted by molar-refractivity contribution is 5.98. The molecule has 0 spiro atoms. The molecule has 3 aromatic carbocycles. The number of nitriles is 1. The Bertz CT molecular complexity index is 1900. The fourth-order valence-corrected chi connectivity index (χ4v) is 7.31. The Morgan fingerprint density at radius 1 is 1.00 bits per heavy atom. The molecule has 49 heavy (non-hydrogen) atoms. The van der Waals surface area contributed by atoms with E-state index in [4.69, 9.17) is 26.0 Å². The van der Waals surface area contributed by atoms with Gasteiger partial charge in [-0.1, -0.05) is 54.6 Å². The molecule has 1 amide bonds. The van der Waals surface area contributed by atoms with Gasteiger partial charge in [0.15, 0.2) is 0 Å².